The Kier molecular flexibility index (Phi) is 2.71. The van der Waals surface area contributed by atoms with Crippen molar-refractivity contribution in [2.75, 3.05) is 17.2 Å². The summed E-state index contributed by atoms with van der Waals surface area (Å²) >= 11 is 0. The normalized spacial score (nSPS) is 28.2. The third-order valence-electron chi connectivity index (χ3n) is 4.47. The molecule has 2 N–H and O–H groups in total. The molecule has 1 aromatic heterocycles. The molecule has 0 amide bonds. The minimum absolute atomic E-state index is 0.0490. The molecule has 106 valence electrons. The summed E-state index contributed by atoms with van der Waals surface area (Å²) in [7, 11) is -2.91. The first kappa shape index (κ1) is 13.0. The summed E-state index contributed by atoms with van der Waals surface area (Å²) in [6, 6.07) is -0.0774. The minimum atomic E-state index is -2.91. The van der Waals surface area contributed by atoms with Crippen molar-refractivity contribution < 1.29 is 8.42 Å². The number of nitrogens with two attached hydrogens (primary N) is 1. The van der Waals surface area contributed by atoms with Crippen molar-refractivity contribution in [2.45, 2.75) is 51.0 Å². The number of aryl methyl sites for hydroxylation is 1. The third kappa shape index (κ3) is 2.06. The average Bonchev–Trinajstić information content (AvgIpc) is 2.80. The van der Waals surface area contributed by atoms with Crippen LogP contribution in [-0.2, 0) is 21.7 Å². The van der Waals surface area contributed by atoms with Crippen LogP contribution in [0.5, 0.6) is 0 Å². The molecule has 1 atom stereocenters. The van der Waals surface area contributed by atoms with E-state index in [1.54, 1.807) is 4.68 Å². The zero-order valence-corrected chi connectivity index (χ0v) is 12.3. The lowest BCUT2D eigenvalue weighted by Gasteiger charge is -2.29. The molecule has 19 heavy (non-hydrogen) atoms. The molecule has 6 heteroatoms. The van der Waals surface area contributed by atoms with Gasteiger partial charge in [-0.3, -0.25) is 0 Å². The van der Waals surface area contributed by atoms with Gasteiger partial charge in [0.05, 0.1) is 23.2 Å². The van der Waals surface area contributed by atoms with Gasteiger partial charge in [-0.2, -0.15) is 5.10 Å². The maximum atomic E-state index is 11.6. The quantitative estimate of drug-likeness (QED) is 0.846. The lowest BCUT2D eigenvalue weighted by Crippen LogP contribution is -2.24. The maximum Gasteiger partial charge on any atom is 0.152 e. The smallest absolute Gasteiger partial charge is 0.152 e. The van der Waals surface area contributed by atoms with Gasteiger partial charge >= 0.3 is 0 Å². The van der Waals surface area contributed by atoms with Gasteiger partial charge < -0.3 is 5.73 Å². The zero-order chi connectivity index (χ0) is 13.8. The van der Waals surface area contributed by atoms with E-state index in [4.69, 9.17) is 5.73 Å². The van der Waals surface area contributed by atoms with Crippen LogP contribution in [0.1, 0.15) is 50.4 Å². The molecular formula is C13H21N3O2S. The molecule has 5 nitrogen and oxygen atoms in total. The molecule has 1 fully saturated rings. The van der Waals surface area contributed by atoms with Gasteiger partial charge in [0.2, 0.25) is 0 Å². The number of nitrogens with zero attached hydrogens (tertiary/aromatic N) is 2. The van der Waals surface area contributed by atoms with Gasteiger partial charge in [0, 0.05) is 5.56 Å². The molecule has 1 unspecified atom stereocenters. The third-order valence-corrected chi connectivity index (χ3v) is 6.22. The van der Waals surface area contributed by atoms with Crippen molar-refractivity contribution in [3.63, 3.8) is 0 Å². The van der Waals surface area contributed by atoms with Crippen LogP contribution in [0.25, 0.3) is 0 Å². The van der Waals surface area contributed by atoms with Gasteiger partial charge in [-0.05, 0) is 31.1 Å². The lowest BCUT2D eigenvalue weighted by atomic mass is 9.75. The molecule has 1 saturated heterocycles. The first-order chi connectivity index (χ1) is 8.80. The van der Waals surface area contributed by atoms with Crippen molar-refractivity contribution >= 4 is 15.7 Å². The van der Waals surface area contributed by atoms with Crippen LogP contribution < -0.4 is 5.73 Å². The summed E-state index contributed by atoms with van der Waals surface area (Å²) < 4.78 is 25.0. The second-order valence-corrected chi connectivity index (χ2v) is 8.67. The maximum absolute atomic E-state index is 11.6. The highest BCUT2D eigenvalue weighted by atomic mass is 32.2. The largest absolute Gasteiger partial charge is 0.384 e. The van der Waals surface area contributed by atoms with Crippen molar-refractivity contribution in [3.05, 3.63) is 11.3 Å². The van der Waals surface area contributed by atoms with E-state index in [0.717, 1.165) is 30.5 Å². The van der Waals surface area contributed by atoms with E-state index in [2.05, 4.69) is 18.9 Å². The van der Waals surface area contributed by atoms with Crippen LogP contribution in [0, 0.1) is 0 Å². The fraction of sp³-hybridized carbons (Fsp3) is 0.769. The summed E-state index contributed by atoms with van der Waals surface area (Å²) in [5.41, 5.74) is 8.53. The summed E-state index contributed by atoms with van der Waals surface area (Å²) in [6.07, 6.45) is 3.82. The Labute approximate surface area is 114 Å². The fourth-order valence-corrected chi connectivity index (χ4v) is 5.17. The van der Waals surface area contributed by atoms with E-state index in [-0.39, 0.29) is 23.0 Å². The molecule has 0 spiro atoms. The zero-order valence-electron chi connectivity index (χ0n) is 11.5. The molecule has 2 heterocycles. The van der Waals surface area contributed by atoms with Crippen LogP contribution in [0.15, 0.2) is 0 Å². The Morgan fingerprint density at radius 3 is 2.74 bits per heavy atom. The summed E-state index contributed by atoms with van der Waals surface area (Å²) in [6.45, 7) is 4.39. The van der Waals surface area contributed by atoms with Crippen LogP contribution in [0.3, 0.4) is 0 Å². The van der Waals surface area contributed by atoms with Gasteiger partial charge in [-0.25, -0.2) is 13.1 Å². The van der Waals surface area contributed by atoms with Crippen LogP contribution in [-0.4, -0.2) is 29.7 Å². The van der Waals surface area contributed by atoms with Crippen LogP contribution >= 0.6 is 0 Å². The highest BCUT2D eigenvalue weighted by molar-refractivity contribution is 7.91. The number of fused-ring (bicyclic) bond motifs is 1. The monoisotopic (exact) mass is 283 g/mol. The molecule has 0 aromatic carbocycles. The Hall–Kier alpha value is -1.04. The first-order valence-corrected chi connectivity index (χ1v) is 8.70. The number of sulfone groups is 1. The number of hydrogen-bond acceptors (Lipinski definition) is 4. The van der Waals surface area contributed by atoms with E-state index in [1.807, 2.05) is 0 Å². The second kappa shape index (κ2) is 3.98. The van der Waals surface area contributed by atoms with Gasteiger partial charge in [-0.1, -0.05) is 13.8 Å². The van der Waals surface area contributed by atoms with E-state index in [9.17, 15) is 8.42 Å². The number of hydrogen-bond donors (Lipinski definition) is 1. The Morgan fingerprint density at radius 1 is 1.42 bits per heavy atom. The predicted molar refractivity (Wildman–Crippen MR) is 74.9 cm³/mol. The molecule has 1 aliphatic carbocycles. The molecule has 2 aliphatic rings. The first-order valence-electron chi connectivity index (χ1n) is 6.88. The van der Waals surface area contributed by atoms with Crippen LogP contribution in [0.4, 0.5) is 5.82 Å². The van der Waals surface area contributed by atoms with Crippen molar-refractivity contribution in [3.8, 4) is 0 Å². The van der Waals surface area contributed by atoms with Crippen molar-refractivity contribution in [1.29, 1.82) is 0 Å². The molecule has 0 saturated carbocycles. The van der Waals surface area contributed by atoms with E-state index in [1.165, 1.54) is 0 Å². The predicted octanol–water partition coefficient (Wildman–Crippen LogP) is 1.44. The van der Waals surface area contributed by atoms with Crippen molar-refractivity contribution in [1.82, 2.24) is 9.78 Å². The van der Waals surface area contributed by atoms with Gasteiger partial charge in [0.25, 0.3) is 0 Å². The Morgan fingerprint density at radius 2 is 2.16 bits per heavy atom. The highest BCUT2D eigenvalue weighted by Gasteiger charge is 2.37. The molecular weight excluding hydrogens is 262 g/mol. The average molecular weight is 283 g/mol. The van der Waals surface area contributed by atoms with E-state index < -0.39 is 9.84 Å². The van der Waals surface area contributed by atoms with E-state index >= 15 is 0 Å². The Bertz CT molecular complexity index is 616. The Balaban J connectivity index is 2.04. The summed E-state index contributed by atoms with van der Waals surface area (Å²) in [5, 5.41) is 4.62. The fourth-order valence-electron chi connectivity index (χ4n) is 3.48. The summed E-state index contributed by atoms with van der Waals surface area (Å²) in [5.74, 6) is 1.12. The number of rotatable bonds is 1. The SMILES string of the molecule is CC1(C)CCCc2nn(C3CCS(=O)(=O)C3)c(N)c21. The van der Waals surface area contributed by atoms with Gasteiger partial charge in [0.15, 0.2) is 9.84 Å². The molecule has 3 rings (SSSR count). The van der Waals surface area contributed by atoms with Crippen molar-refractivity contribution in [2.24, 2.45) is 0 Å². The number of nitrogen functional groups attached to an aromatic ring is 1. The standard InChI is InChI=1S/C13H21N3O2S/c1-13(2)6-3-4-10-11(13)12(14)16(15-10)9-5-7-19(17,18)8-9/h9H,3-8,14H2,1-2H3. The second-order valence-electron chi connectivity index (χ2n) is 6.45. The molecule has 1 aromatic rings. The molecule has 0 bridgehead atoms. The van der Waals surface area contributed by atoms with Crippen LogP contribution in [0.2, 0.25) is 0 Å². The molecule has 1 aliphatic heterocycles. The van der Waals surface area contributed by atoms with E-state index in [0.29, 0.717) is 12.2 Å². The molecule has 0 radical (unpaired) electrons. The minimum Gasteiger partial charge on any atom is -0.384 e. The number of aromatic nitrogens is 2. The highest BCUT2D eigenvalue weighted by Crippen LogP contribution is 2.41. The number of anilines is 1. The van der Waals surface area contributed by atoms with Gasteiger partial charge in [-0.15, -0.1) is 0 Å². The lowest BCUT2D eigenvalue weighted by molar-refractivity contribution is 0.431. The topological polar surface area (TPSA) is 78.0 Å². The summed E-state index contributed by atoms with van der Waals surface area (Å²) in [4.78, 5) is 0. The van der Waals surface area contributed by atoms with Gasteiger partial charge in [0.1, 0.15) is 5.82 Å².